The van der Waals surface area contributed by atoms with Crippen LogP contribution in [0.2, 0.25) is 0 Å². The van der Waals surface area contributed by atoms with Crippen LogP contribution < -0.4 is 10.3 Å². The minimum atomic E-state index is -4.81. The number of nitrogens with zero attached hydrogens (tertiary/aromatic N) is 3. The summed E-state index contributed by atoms with van der Waals surface area (Å²) in [6.45, 7) is 2.09. The molecule has 35 heavy (non-hydrogen) atoms. The minimum Gasteiger partial charge on any atom is -0.486 e. The lowest BCUT2D eigenvalue weighted by atomic mass is 10.1. The second-order valence-corrected chi connectivity index (χ2v) is 8.52. The standard InChI is InChI=1S/C23H22F4N4O4/c1-12(16-9-17-19(28-13(2)29-20(17)33)30-18(16)23(25,26)27)35-15-5-3-14(4-6-15)21(34)31-8-7-22(24,10-31)11-32/h3-6,9,12,32H,7-8,10-11H2,1-2H3,(H,28,29,30,33)/t12-,22-/m0/s1. The number of likely N-dealkylation sites (tertiary alicyclic amines) is 1. The van der Waals surface area contributed by atoms with Gasteiger partial charge in [-0.3, -0.25) is 9.59 Å². The predicted molar refractivity (Wildman–Crippen MR) is 117 cm³/mol. The average molecular weight is 494 g/mol. The fourth-order valence-corrected chi connectivity index (χ4v) is 3.99. The molecule has 0 bridgehead atoms. The number of halogens is 4. The van der Waals surface area contributed by atoms with Crippen molar-refractivity contribution in [3.63, 3.8) is 0 Å². The maximum Gasteiger partial charge on any atom is 0.433 e. The lowest BCUT2D eigenvalue weighted by Crippen LogP contribution is -2.35. The molecule has 12 heteroatoms. The molecule has 1 amide bonds. The highest BCUT2D eigenvalue weighted by Crippen LogP contribution is 2.36. The van der Waals surface area contributed by atoms with Crippen molar-refractivity contribution >= 4 is 16.9 Å². The molecule has 8 nitrogen and oxygen atoms in total. The zero-order chi connectivity index (χ0) is 25.5. The number of aryl methyl sites for hydroxylation is 1. The number of hydrogen-bond acceptors (Lipinski definition) is 6. The Morgan fingerprint density at radius 2 is 1.97 bits per heavy atom. The van der Waals surface area contributed by atoms with Crippen molar-refractivity contribution in [1.29, 1.82) is 0 Å². The molecule has 3 heterocycles. The zero-order valence-corrected chi connectivity index (χ0v) is 18.8. The number of amides is 1. The molecule has 186 valence electrons. The van der Waals surface area contributed by atoms with E-state index in [4.69, 9.17) is 9.84 Å². The van der Waals surface area contributed by atoms with Crippen molar-refractivity contribution < 1.29 is 32.2 Å². The van der Waals surface area contributed by atoms with Gasteiger partial charge >= 0.3 is 6.18 Å². The molecule has 0 saturated carbocycles. The molecule has 1 aromatic carbocycles. The first-order valence-corrected chi connectivity index (χ1v) is 10.7. The summed E-state index contributed by atoms with van der Waals surface area (Å²) in [4.78, 5) is 36.0. The quantitative estimate of drug-likeness (QED) is 0.527. The number of aromatic nitrogens is 3. The van der Waals surface area contributed by atoms with Gasteiger partial charge in [-0.25, -0.2) is 14.4 Å². The van der Waals surface area contributed by atoms with Crippen LogP contribution in [0.5, 0.6) is 5.75 Å². The smallest absolute Gasteiger partial charge is 0.433 e. The number of aliphatic hydroxyl groups is 1. The highest BCUT2D eigenvalue weighted by molar-refractivity contribution is 5.94. The average Bonchev–Trinajstić information content (AvgIpc) is 3.20. The molecule has 4 rings (SSSR count). The fraction of sp³-hybridized carbons (Fsp3) is 0.391. The molecule has 1 fully saturated rings. The number of carbonyl (C=O) groups is 1. The van der Waals surface area contributed by atoms with Gasteiger partial charge in [0.15, 0.2) is 17.0 Å². The van der Waals surface area contributed by atoms with Crippen LogP contribution in [0.15, 0.2) is 35.1 Å². The SMILES string of the molecule is Cc1nc2nc(C(F)(F)F)c([C@H](C)Oc3ccc(C(=O)N4CC[C@@](F)(CO)C4)cc3)cc2c(=O)[nH]1. The summed E-state index contributed by atoms with van der Waals surface area (Å²) in [6, 6.07) is 6.73. The number of pyridine rings is 1. The monoisotopic (exact) mass is 494 g/mol. The Hall–Kier alpha value is -3.54. The molecule has 1 aliphatic rings. The molecule has 2 aromatic heterocycles. The number of carbonyl (C=O) groups excluding carboxylic acids is 1. The summed E-state index contributed by atoms with van der Waals surface area (Å²) in [6.07, 6.45) is -5.93. The fourth-order valence-electron chi connectivity index (χ4n) is 3.99. The lowest BCUT2D eigenvalue weighted by Gasteiger charge is -2.20. The Morgan fingerprint density at radius 1 is 1.29 bits per heavy atom. The predicted octanol–water partition coefficient (Wildman–Crippen LogP) is 3.33. The van der Waals surface area contributed by atoms with E-state index in [1.165, 1.54) is 43.0 Å². The van der Waals surface area contributed by atoms with Crippen LogP contribution in [0.3, 0.4) is 0 Å². The number of fused-ring (bicyclic) bond motifs is 1. The number of aliphatic hydroxyl groups excluding tert-OH is 1. The lowest BCUT2D eigenvalue weighted by molar-refractivity contribution is -0.142. The molecule has 1 aliphatic heterocycles. The Balaban J connectivity index is 1.58. The number of benzene rings is 1. The summed E-state index contributed by atoms with van der Waals surface area (Å²) in [5, 5.41) is 9.03. The van der Waals surface area contributed by atoms with Gasteiger partial charge < -0.3 is 19.7 Å². The van der Waals surface area contributed by atoms with Crippen molar-refractivity contribution in [2.24, 2.45) is 0 Å². The van der Waals surface area contributed by atoms with Gasteiger partial charge in [-0.15, -0.1) is 0 Å². The van der Waals surface area contributed by atoms with Gasteiger partial charge in [0.25, 0.3) is 11.5 Å². The molecule has 1 saturated heterocycles. The van der Waals surface area contributed by atoms with E-state index in [2.05, 4.69) is 15.0 Å². The Labute approximate surface area is 196 Å². The number of ether oxygens (including phenoxy) is 1. The largest absolute Gasteiger partial charge is 0.486 e. The summed E-state index contributed by atoms with van der Waals surface area (Å²) < 4.78 is 61.1. The van der Waals surface area contributed by atoms with E-state index in [1.54, 1.807) is 0 Å². The first-order chi connectivity index (χ1) is 16.4. The second-order valence-electron chi connectivity index (χ2n) is 8.52. The van der Waals surface area contributed by atoms with Gasteiger partial charge in [-0.2, -0.15) is 13.2 Å². The molecular weight excluding hydrogens is 472 g/mol. The van der Waals surface area contributed by atoms with E-state index in [0.29, 0.717) is 0 Å². The first-order valence-electron chi connectivity index (χ1n) is 10.7. The zero-order valence-electron chi connectivity index (χ0n) is 18.8. The van der Waals surface area contributed by atoms with Gasteiger partial charge in [0, 0.05) is 24.1 Å². The van der Waals surface area contributed by atoms with Crippen molar-refractivity contribution in [3.8, 4) is 5.75 Å². The summed E-state index contributed by atoms with van der Waals surface area (Å²) in [5.74, 6) is -0.121. The third-order valence-electron chi connectivity index (χ3n) is 5.84. The maximum atomic E-state index is 14.2. The molecule has 0 unspecified atom stereocenters. The second kappa shape index (κ2) is 8.91. The van der Waals surface area contributed by atoms with E-state index in [-0.39, 0.29) is 53.2 Å². The third-order valence-corrected chi connectivity index (χ3v) is 5.84. The Kier molecular flexibility index (Phi) is 6.26. The number of hydrogen-bond donors (Lipinski definition) is 2. The Bertz CT molecular complexity index is 1330. The first kappa shape index (κ1) is 24.6. The van der Waals surface area contributed by atoms with Gasteiger partial charge in [0.2, 0.25) is 0 Å². The van der Waals surface area contributed by atoms with Crippen LogP contribution in [0.25, 0.3) is 11.0 Å². The third kappa shape index (κ3) is 4.97. The molecule has 0 radical (unpaired) electrons. The Morgan fingerprint density at radius 3 is 2.57 bits per heavy atom. The van der Waals surface area contributed by atoms with Crippen LogP contribution in [-0.2, 0) is 6.18 Å². The number of H-pyrrole nitrogens is 1. The van der Waals surface area contributed by atoms with Crippen molar-refractivity contribution in [2.45, 2.75) is 38.2 Å². The normalized spacial score (nSPS) is 19.2. The highest BCUT2D eigenvalue weighted by atomic mass is 19.4. The highest BCUT2D eigenvalue weighted by Gasteiger charge is 2.40. The van der Waals surface area contributed by atoms with Crippen LogP contribution in [0, 0.1) is 6.92 Å². The number of nitrogens with one attached hydrogen (secondary N) is 1. The van der Waals surface area contributed by atoms with Crippen molar-refractivity contribution in [3.05, 3.63) is 63.3 Å². The van der Waals surface area contributed by atoms with Gasteiger partial charge in [-0.05, 0) is 44.2 Å². The molecular formula is C23H22F4N4O4. The molecule has 3 aromatic rings. The van der Waals surface area contributed by atoms with Crippen LogP contribution >= 0.6 is 0 Å². The molecule has 0 spiro atoms. The number of rotatable bonds is 5. The van der Waals surface area contributed by atoms with Gasteiger partial charge in [0.1, 0.15) is 17.7 Å². The van der Waals surface area contributed by atoms with Crippen molar-refractivity contribution in [2.75, 3.05) is 19.7 Å². The van der Waals surface area contributed by atoms with Crippen LogP contribution in [0.4, 0.5) is 17.6 Å². The summed E-state index contributed by atoms with van der Waals surface area (Å²) >= 11 is 0. The molecule has 0 aliphatic carbocycles. The van der Waals surface area contributed by atoms with Gasteiger partial charge in [0.05, 0.1) is 18.5 Å². The summed E-state index contributed by atoms with van der Waals surface area (Å²) in [7, 11) is 0. The maximum absolute atomic E-state index is 14.2. The number of alkyl halides is 4. The van der Waals surface area contributed by atoms with E-state index >= 15 is 0 Å². The van der Waals surface area contributed by atoms with Crippen LogP contribution in [-0.4, -0.2) is 56.2 Å². The number of aromatic amines is 1. The summed E-state index contributed by atoms with van der Waals surface area (Å²) in [5.41, 5.74) is -4.09. The minimum absolute atomic E-state index is 0.0349. The molecule has 2 atom stereocenters. The van der Waals surface area contributed by atoms with Crippen molar-refractivity contribution in [1.82, 2.24) is 19.9 Å². The van der Waals surface area contributed by atoms with E-state index < -0.39 is 41.7 Å². The van der Waals surface area contributed by atoms with Crippen LogP contribution in [0.1, 0.15) is 46.9 Å². The van der Waals surface area contributed by atoms with Gasteiger partial charge in [-0.1, -0.05) is 0 Å². The van der Waals surface area contributed by atoms with E-state index in [0.717, 1.165) is 6.07 Å². The van der Waals surface area contributed by atoms with E-state index in [9.17, 15) is 27.2 Å². The topological polar surface area (TPSA) is 108 Å². The molecule has 2 N–H and O–H groups in total. The van der Waals surface area contributed by atoms with E-state index in [1.807, 2.05) is 0 Å².